The summed E-state index contributed by atoms with van der Waals surface area (Å²) in [5, 5.41) is 10.0. The zero-order valence-corrected chi connectivity index (χ0v) is 20.2. The summed E-state index contributed by atoms with van der Waals surface area (Å²) in [6, 6.07) is 0. The molecule has 1 fully saturated rings. The Hall–Kier alpha value is -0.993. The van der Waals surface area contributed by atoms with Crippen LogP contribution in [-0.4, -0.2) is 55.7 Å². The molecule has 0 aromatic rings. The van der Waals surface area contributed by atoms with E-state index >= 15 is 0 Å². The van der Waals surface area contributed by atoms with E-state index in [1.54, 1.807) is 0 Å². The fraction of sp³-hybridized carbons (Fsp3) is 0.773. The van der Waals surface area contributed by atoms with Gasteiger partial charge in [0.1, 0.15) is 11.7 Å². The van der Waals surface area contributed by atoms with Gasteiger partial charge in [0.25, 0.3) is 0 Å². The number of aliphatic hydroxyl groups is 1. The van der Waals surface area contributed by atoms with Crippen molar-refractivity contribution < 1.29 is 28.5 Å². The number of carbonyl (C=O) groups excluding carboxylic acids is 1. The van der Waals surface area contributed by atoms with Gasteiger partial charge in [-0.2, -0.15) is 0 Å². The van der Waals surface area contributed by atoms with Crippen molar-refractivity contribution in [3.05, 3.63) is 24.3 Å². The molecule has 1 N–H and O–H groups in total. The minimum atomic E-state index is -2.04. The van der Waals surface area contributed by atoms with E-state index in [0.29, 0.717) is 12.8 Å². The zero-order valence-electron chi connectivity index (χ0n) is 19.2. The maximum Gasteiger partial charge on any atom is 0.331 e. The number of cyclic esters (lactones) is 1. The second kappa shape index (κ2) is 8.63. The van der Waals surface area contributed by atoms with Gasteiger partial charge in [0.2, 0.25) is 0 Å². The molecule has 29 heavy (non-hydrogen) atoms. The molecule has 0 aromatic carbocycles. The second-order valence-electron chi connectivity index (χ2n) is 10.2. The third-order valence-electron chi connectivity index (χ3n) is 6.01. The zero-order chi connectivity index (χ0) is 22.1. The largest absolute Gasteiger partial charge is 0.455 e. The highest BCUT2D eigenvalue weighted by Gasteiger charge is 2.50. The Morgan fingerprint density at radius 1 is 1.34 bits per heavy atom. The Balaban J connectivity index is 2.15. The van der Waals surface area contributed by atoms with E-state index < -0.39 is 19.7 Å². The maximum atomic E-state index is 11.5. The van der Waals surface area contributed by atoms with E-state index in [2.05, 4.69) is 33.9 Å². The molecule has 4 atom stereocenters. The summed E-state index contributed by atoms with van der Waals surface area (Å²) in [4.78, 5) is 11.5. The molecule has 2 aliphatic heterocycles. The standard InChI is InChI=1S/C22H38O6Si/c1-20(2,3)29(7,8)27-17(15-23)14-18-22(6,28-21(4,5)26-18)13-12-16-10-9-11-19(24)25-16/h9,11-13,16-18,23H,10,14-15H2,1-8H3/t16-,17-,18-,22-/m1/s1. The van der Waals surface area contributed by atoms with Crippen molar-refractivity contribution in [3.63, 3.8) is 0 Å². The lowest BCUT2D eigenvalue weighted by molar-refractivity contribution is -0.155. The summed E-state index contributed by atoms with van der Waals surface area (Å²) in [7, 11) is -2.04. The first-order valence-electron chi connectivity index (χ1n) is 10.4. The molecule has 166 valence electrons. The van der Waals surface area contributed by atoms with Gasteiger partial charge < -0.3 is 23.7 Å². The van der Waals surface area contributed by atoms with Crippen molar-refractivity contribution in [2.45, 2.75) is 102 Å². The van der Waals surface area contributed by atoms with Gasteiger partial charge in [0, 0.05) is 18.9 Å². The van der Waals surface area contributed by atoms with Crippen LogP contribution in [0.3, 0.4) is 0 Å². The average molecular weight is 427 g/mol. The van der Waals surface area contributed by atoms with Gasteiger partial charge in [-0.15, -0.1) is 0 Å². The van der Waals surface area contributed by atoms with Crippen molar-refractivity contribution in [3.8, 4) is 0 Å². The van der Waals surface area contributed by atoms with E-state index in [0.717, 1.165) is 0 Å². The minimum absolute atomic E-state index is 0.0499. The summed E-state index contributed by atoms with van der Waals surface area (Å²) in [5.41, 5.74) is -0.721. The topological polar surface area (TPSA) is 74.2 Å². The monoisotopic (exact) mass is 426 g/mol. The molecule has 0 amide bonds. The molecule has 0 aliphatic carbocycles. The van der Waals surface area contributed by atoms with Gasteiger partial charge in [-0.1, -0.05) is 32.9 Å². The fourth-order valence-electron chi connectivity index (χ4n) is 3.45. The number of rotatable bonds is 7. The van der Waals surface area contributed by atoms with Gasteiger partial charge >= 0.3 is 5.97 Å². The van der Waals surface area contributed by atoms with Crippen LogP contribution in [-0.2, 0) is 23.4 Å². The molecule has 0 bridgehead atoms. The molecule has 2 heterocycles. The molecule has 0 radical (unpaired) electrons. The molecule has 0 aromatic heterocycles. The summed E-state index contributed by atoms with van der Waals surface area (Å²) in [5.74, 6) is -1.09. The van der Waals surface area contributed by atoms with Crippen molar-refractivity contribution >= 4 is 14.3 Å². The molecule has 1 saturated heterocycles. The molecule has 0 saturated carbocycles. The summed E-state index contributed by atoms with van der Waals surface area (Å²) >= 11 is 0. The molecule has 2 aliphatic rings. The first-order chi connectivity index (χ1) is 13.2. The van der Waals surface area contributed by atoms with Crippen LogP contribution in [0.15, 0.2) is 24.3 Å². The smallest absolute Gasteiger partial charge is 0.331 e. The molecule has 6 nitrogen and oxygen atoms in total. The number of ether oxygens (including phenoxy) is 3. The first kappa shape index (κ1) is 24.3. The lowest BCUT2D eigenvalue weighted by Crippen LogP contribution is -2.47. The van der Waals surface area contributed by atoms with Gasteiger partial charge in [0.05, 0.1) is 18.8 Å². The van der Waals surface area contributed by atoms with Crippen molar-refractivity contribution in [1.82, 2.24) is 0 Å². The van der Waals surface area contributed by atoms with Gasteiger partial charge in [-0.3, -0.25) is 0 Å². The molecule has 0 unspecified atom stereocenters. The predicted molar refractivity (Wildman–Crippen MR) is 115 cm³/mol. The van der Waals surface area contributed by atoms with E-state index in [9.17, 15) is 9.90 Å². The molecular weight excluding hydrogens is 388 g/mol. The SMILES string of the molecule is CC1(C)O[C@H](C[C@H](CO)O[Si](C)(C)C(C)(C)C)[C@@](C)(C=C[C@H]2CC=CC(=O)O2)O1. The van der Waals surface area contributed by atoms with Crippen LogP contribution in [0.2, 0.25) is 18.1 Å². The van der Waals surface area contributed by atoms with Crippen molar-refractivity contribution in [2.75, 3.05) is 6.61 Å². The third kappa shape index (κ3) is 6.24. The van der Waals surface area contributed by atoms with Crippen LogP contribution in [0.4, 0.5) is 0 Å². The van der Waals surface area contributed by atoms with Crippen molar-refractivity contribution in [2.24, 2.45) is 0 Å². The van der Waals surface area contributed by atoms with Crippen molar-refractivity contribution in [1.29, 1.82) is 0 Å². The Kier molecular flexibility index (Phi) is 7.22. The lowest BCUT2D eigenvalue weighted by Gasteiger charge is -2.40. The number of aliphatic hydroxyl groups excluding tert-OH is 1. The normalized spacial score (nSPS) is 31.3. The Labute approximate surface area is 176 Å². The molecular formula is C22H38O6Si. The lowest BCUT2D eigenvalue weighted by atomic mass is 9.93. The second-order valence-corrected chi connectivity index (χ2v) is 14.9. The van der Waals surface area contributed by atoms with Crippen LogP contribution in [0.25, 0.3) is 0 Å². The fourth-order valence-corrected chi connectivity index (χ4v) is 4.80. The maximum absolute atomic E-state index is 11.5. The number of esters is 1. The van der Waals surface area contributed by atoms with Crippen LogP contribution in [0.5, 0.6) is 0 Å². The highest BCUT2D eigenvalue weighted by molar-refractivity contribution is 6.74. The van der Waals surface area contributed by atoms with E-state index in [-0.39, 0.29) is 35.9 Å². The van der Waals surface area contributed by atoms with Gasteiger partial charge in [-0.25, -0.2) is 4.79 Å². The molecule has 7 heteroatoms. The average Bonchev–Trinajstić information content (AvgIpc) is 2.80. The van der Waals surface area contributed by atoms with Crippen LogP contribution < -0.4 is 0 Å². The van der Waals surface area contributed by atoms with Crippen LogP contribution >= 0.6 is 0 Å². The van der Waals surface area contributed by atoms with Gasteiger partial charge in [0.15, 0.2) is 14.1 Å². The highest BCUT2D eigenvalue weighted by atomic mass is 28.4. The Morgan fingerprint density at radius 3 is 2.55 bits per heavy atom. The van der Waals surface area contributed by atoms with E-state index in [1.165, 1.54) is 6.08 Å². The Bertz CT molecular complexity index is 648. The summed E-state index contributed by atoms with van der Waals surface area (Å²) in [6.07, 6.45) is 7.24. The number of hydrogen-bond acceptors (Lipinski definition) is 6. The van der Waals surface area contributed by atoms with Crippen LogP contribution in [0.1, 0.15) is 54.4 Å². The summed E-state index contributed by atoms with van der Waals surface area (Å²) in [6.45, 7) is 16.5. The van der Waals surface area contributed by atoms with E-state index in [4.69, 9.17) is 18.6 Å². The number of carbonyl (C=O) groups is 1. The third-order valence-corrected chi connectivity index (χ3v) is 10.5. The highest BCUT2D eigenvalue weighted by Crippen LogP contribution is 2.42. The quantitative estimate of drug-likeness (QED) is 0.375. The first-order valence-corrected chi connectivity index (χ1v) is 13.3. The van der Waals surface area contributed by atoms with Gasteiger partial charge in [-0.05, 0) is 45.0 Å². The number of hydrogen-bond donors (Lipinski definition) is 1. The Morgan fingerprint density at radius 2 is 2.00 bits per heavy atom. The predicted octanol–water partition coefficient (Wildman–Crippen LogP) is 4.10. The summed E-state index contributed by atoms with van der Waals surface area (Å²) < 4.78 is 24.2. The van der Waals surface area contributed by atoms with Crippen LogP contribution in [0, 0.1) is 0 Å². The molecule has 2 rings (SSSR count). The minimum Gasteiger partial charge on any atom is -0.455 e. The van der Waals surface area contributed by atoms with E-state index in [1.807, 2.05) is 39.0 Å². The molecule has 0 spiro atoms.